The van der Waals surface area contributed by atoms with Crippen LogP contribution in [0.25, 0.3) is 0 Å². The monoisotopic (exact) mass is 347 g/mol. The van der Waals surface area contributed by atoms with Crippen molar-refractivity contribution in [1.29, 1.82) is 0 Å². The molecule has 3 rings (SSSR count). The predicted octanol–water partition coefficient (Wildman–Crippen LogP) is 1.99. The van der Waals surface area contributed by atoms with E-state index in [0.29, 0.717) is 25.2 Å². The maximum atomic E-state index is 12.5. The number of urea groups is 1. The first-order chi connectivity index (χ1) is 12.2. The van der Waals surface area contributed by atoms with Gasteiger partial charge in [0.05, 0.1) is 13.2 Å². The molecular weight excluding hydrogens is 322 g/mol. The van der Waals surface area contributed by atoms with Gasteiger partial charge in [-0.15, -0.1) is 0 Å². The van der Waals surface area contributed by atoms with Gasteiger partial charge in [0.25, 0.3) is 0 Å². The van der Waals surface area contributed by atoms with E-state index in [1.165, 1.54) is 0 Å². The molecule has 2 aliphatic rings. The lowest BCUT2D eigenvalue weighted by atomic mass is 10.2. The van der Waals surface area contributed by atoms with Crippen molar-refractivity contribution >= 4 is 17.6 Å². The molecule has 2 saturated heterocycles. The third-order valence-corrected chi connectivity index (χ3v) is 4.69. The van der Waals surface area contributed by atoms with Crippen LogP contribution in [0.5, 0.6) is 5.75 Å². The number of nitrogens with one attached hydrogen (secondary N) is 2. The minimum atomic E-state index is -0.417. The summed E-state index contributed by atoms with van der Waals surface area (Å²) in [6, 6.07) is 6.45. The first-order valence-corrected chi connectivity index (χ1v) is 8.78. The molecule has 2 aliphatic heterocycles. The van der Waals surface area contributed by atoms with Crippen LogP contribution >= 0.6 is 0 Å². The van der Waals surface area contributed by atoms with E-state index in [1.807, 2.05) is 0 Å². The number of anilines is 1. The van der Waals surface area contributed by atoms with Crippen LogP contribution in [0.2, 0.25) is 0 Å². The molecule has 1 aromatic carbocycles. The Morgan fingerprint density at radius 2 is 2.04 bits per heavy atom. The number of methoxy groups -OCH3 is 1. The lowest BCUT2D eigenvalue weighted by Crippen LogP contribution is -2.48. The van der Waals surface area contributed by atoms with Crippen LogP contribution in [0.1, 0.15) is 25.7 Å². The highest BCUT2D eigenvalue weighted by molar-refractivity contribution is 5.94. The molecule has 2 heterocycles. The van der Waals surface area contributed by atoms with Gasteiger partial charge in [0.1, 0.15) is 11.8 Å². The summed E-state index contributed by atoms with van der Waals surface area (Å²) in [7, 11) is 1.59. The van der Waals surface area contributed by atoms with Crippen molar-refractivity contribution in [3.05, 3.63) is 24.3 Å². The first-order valence-electron chi connectivity index (χ1n) is 8.78. The van der Waals surface area contributed by atoms with Gasteiger partial charge in [0.2, 0.25) is 5.91 Å². The van der Waals surface area contributed by atoms with Gasteiger partial charge in [0.15, 0.2) is 0 Å². The molecule has 1 aromatic rings. The number of rotatable bonds is 5. The Morgan fingerprint density at radius 1 is 1.24 bits per heavy atom. The van der Waals surface area contributed by atoms with Crippen molar-refractivity contribution < 1.29 is 19.1 Å². The fraction of sp³-hybridized carbons (Fsp3) is 0.556. The average Bonchev–Trinajstić information content (AvgIpc) is 3.32. The number of benzene rings is 1. The van der Waals surface area contributed by atoms with E-state index in [2.05, 4.69) is 10.6 Å². The molecule has 0 radical (unpaired) electrons. The highest BCUT2D eigenvalue weighted by atomic mass is 16.5. The second kappa shape index (κ2) is 8.20. The number of carbonyl (C=O) groups excluding carboxylic acids is 2. The molecule has 0 unspecified atom stereocenters. The quantitative estimate of drug-likeness (QED) is 0.854. The third-order valence-electron chi connectivity index (χ3n) is 4.69. The predicted molar refractivity (Wildman–Crippen MR) is 93.7 cm³/mol. The van der Waals surface area contributed by atoms with Crippen molar-refractivity contribution in [2.24, 2.45) is 0 Å². The largest absolute Gasteiger partial charge is 0.497 e. The number of hydrogen-bond acceptors (Lipinski definition) is 4. The maximum Gasteiger partial charge on any atom is 0.322 e. The van der Waals surface area contributed by atoms with E-state index in [9.17, 15) is 9.59 Å². The summed E-state index contributed by atoms with van der Waals surface area (Å²) in [5.41, 5.74) is 0.677. The average molecular weight is 347 g/mol. The lowest BCUT2D eigenvalue weighted by molar-refractivity contribution is -0.125. The Morgan fingerprint density at radius 3 is 2.72 bits per heavy atom. The highest BCUT2D eigenvalue weighted by Gasteiger charge is 2.34. The molecule has 0 aliphatic carbocycles. The summed E-state index contributed by atoms with van der Waals surface area (Å²) in [4.78, 5) is 26.6. The second-order valence-electron chi connectivity index (χ2n) is 6.39. The molecule has 0 spiro atoms. The van der Waals surface area contributed by atoms with Gasteiger partial charge in [-0.05, 0) is 49.9 Å². The maximum absolute atomic E-state index is 12.5. The molecule has 0 saturated carbocycles. The van der Waals surface area contributed by atoms with Gasteiger partial charge < -0.3 is 25.0 Å². The minimum absolute atomic E-state index is 0.0992. The number of likely N-dealkylation sites (tertiary alicyclic amines) is 1. The molecule has 2 fully saturated rings. The zero-order valence-corrected chi connectivity index (χ0v) is 14.5. The summed E-state index contributed by atoms with van der Waals surface area (Å²) in [6.45, 7) is 1.86. The molecule has 2 atom stereocenters. The molecule has 2 N–H and O–H groups in total. The van der Waals surface area contributed by atoms with E-state index >= 15 is 0 Å². The minimum Gasteiger partial charge on any atom is -0.497 e. The van der Waals surface area contributed by atoms with Crippen LogP contribution in [0.15, 0.2) is 24.3 Å². The van der Waals surface area contributed by atoms with Crippen molar-refractivity contribution in [3.8, 4) is 5.75 Å². The molecule has 0 bridgehead atoms. The Labute approximate surface area is 147 Å². The third kappa shape index (κ3) is 4.42. The zero-order chi connectivity index (χ0) is 17.6. The van der Waals surface area contributed by atoms with Crippen molar-refractivity contribution in [2.75, 3.05) is 32.1 Å². The normalized spacial score (nSPS) is 22.7. The Kier molecular flexibility index (Phi) is 5.75. The summed E-state index contributed by atoms with van der Waals surface area (Å²) in [5.74, 6) is 0.628. The van der Waals surface area contributed by atoms with Crippen molar-refractivity contribution in [1.82, 2.24) is 10.2 Å². The number of carbonyl (C=O) groups is 2. The Balaban J connectivity index is 1.53. The molecular formula is C18H25N3O4. The van der Waals surface area contributed by atoms with Crippen LogP contribution in [0.4, 0.5) is 10.5 Å². The summed E-state index contributed by atoms with van der Waals surface area (Å²) in [5, 5.41) is 5.77. The number of nitrogens with zero attached hydrogens (tertiary/aromatic N) is 1. The second-order valence-corrected chi connectivity index (χ2v) is 6.39. The molecule has 25 heavy (non-hydrogen) atoms. The SMILES string of the molecule is COc1ccc(NC(=O)N2CCC[C@@H]2C(=O)NC[C@@H]2CCCO2)cc1. The molecule has 7 nitrogen and oxygen atoms in total. The van der Waals surface area contributed by atoms with E-state index in [1.54, 1.807) is 36.3 Å². The van der Waals surface area contributed by atoms with Gasteiger partial charge in [-0.1, -0.05) is 0 Å². The van der Waals surface area contributed by atoms with Gasteiger partial charge >= 0.3 is 6.03 Å². The Hall–Kier alpha value is -2.28. The van der Waals surface area contributed by atoms with Crippen LogP contribution < -0.4 is 15.4 Å². The summed E-state index contributed by atoms with van der Waals surface area (Å²) in [6.07, 6.45) is 3.64. The standard InChI is InChI=1S/C18H25N3O4/c1-24-14-8-6-13(7-9-14)20-18(23)21-10-2-5-16(21)17(22)19-12-15-4-3-11-25-15/h6-9,15-16H,2-5,10-12H2,1H3,(H,19,22)(H,20,23)/t15-,16+/m0/s1. The number of ether oxygens (including phenoxy) is 2. The van der Waals surface area contributed by atoms with Crippen molar-refractivity contribution in [3.63, 3.8) is 0 Å². The number of hydrogen-bond donors (Lipinski definition) is 2. The summed E-state index contributed by atoms with van der Waals surface area (Å²) >= 11 is 0. The first kappa shape index (κ1) is 17.5. The zero-order valence-electron chi connectivity index (χ0n) is 14.5. The van der Waals surface area contributed by atoms with Crippen molar-refractivity contribution in [2.45, 2.75) is 37.8 Å². The summed E-state index contributed by atoms with van der Waals surface area (Å²) < 4.78 is 10.6. The fourth-order valence-corrected chi connectivity index (χ4v) is 3.29. The van der Waals surface area contributed by atoms with Gasteiger partial charge in [-0.3, -0.25) is 4.79 Å². The van der Waals surface area contributed by atoms with Crippen LogP contribution in [0, 0.1) is 0 Å². The smallest absolute Gasteiger partial charge is 0.322 e. The molecule has 7 heteroatoms. The van der Waals surface area contributed by atoms with Crippen LogP contribution in [-0.2, 0) is 9.53 Å². The van der Waals surface area contributed by atoms with E-state index in [-0.39, 0.29) is 18.0 Å². The number of amides is 3. The molecule has 3 amide bonds. The van der Waals surface area contributed by atoms with Gasteiger partial charge in [-0.2, -0.15) is 0 Å². The fourth-order valence-electron chi connectivity index (χ4n) is 3.29. The van der Waals surface area contributed by atoms with E-state index in [4.69, 9.17) is 9.47 Å². The highest BCUT2D eigenvalue weighted by Crippen LogP contribution is 2.21. The van der Waals surface area contributed by atoms with Gasteiger partial charge in [0, 0.05) is 25.4 Å². The van der Waals surface area contributed by atoms with Gasteiger partial charge in [-0.25, -0.2) is 4.79 Å². The topological polar surface area (TPSA) is 79.9 Å². The molecule has 136 valence electrons. The van der Waals surface area contributed by atoms with Crippen LogP contribution in [0.3, 0.4) is 0 Å². The Bertz CT molecular complexity index is 599. The van der Waals surface area contributed by atoms with E-state index < -0.39 is 6.04 Å². The van der Waals surface area contributed by atoms with E-state index in [0.717, 1.165) is 31.6 Å². The lowest BCUT2D eigenvalue weighted by Gasteiger charge is -2.24. The van der Waals surface area contributed by atoms with Crippen LogP contribution in [-0.4, -0.2) is 55.8 Å². The molecule has 0 aromatic heterocycles.